The maximum atomic E-state index is 12.4. The molecule has 0 saturated carbocycles. The van der Waals surface area contributed by atoms with Gasteiger partial charge in [-0.2, -0.15) is 13.9 Å². The molecule has 2 rings (SSSR count). The highest BCUT2D eigenvalue weighted by atomic mass is 35.5. The van der Waals surface area contributed by atoms with Crippen molar-refractivity contribution in [2.45, 2.75) is 6.61 Å². The number of nitrogens with zero attached hydrogens (tertiary/aromatic N) is 3. The van der Waals surface area contributed by atoms with Gasteiger partial charge >= 0.3 is 6.61 Å². The number of hydrogen-bond acceptors (Lipinski definition) is 5. The molecule has 2 heterocycles. The van der Waals surface area contributed by atoms with Crippen molar-refractivity contribution in [2.24, 2.45) is 7.05 Å². The van der Waals surface area contributed by atoms with E-state index in [1.165, 1.54) is 20.2 Å². The average Bonchev–Trinajstić information content (AvgIpc) is 2.73. The summed E-state index contributed by atoms with van der Waals surface area (Å²) in [4.78, 5) is 3.99. The summed E-state index contributed by atoms with van der Waals surface area (Å²) in [5.41, 5.74) is 0.534. The van der Waals surface area contributed by atoms with E-state index in [1.807, 2.05) is 0 Å². The van der Waals surface area contributed by atoms with Gasteiger partial charge in [0.2, 0.25) is 11.8 Å². The monoisotopic (exact) mass is 353 g/mol. The fourth-order valence-corrected chi connectivity index (χ4v) is 2.20. The summed E-state index contributed by atoms with van der Waals surface area (Å²) in [6.45, 7) is -3.00. The standard InChI is InChI=1S/C12H11Cl2F2N3O3/c1-19-11(22-12(15)16)8(13)9(18-19)6-3-4-7(17-10(6)14)21-5-20-2/h3-4,12H,5H2,1-2H3. The molecule has 2 aromatic heterocycles. The van der Waals surface area contributed by atoms with Crippen molar-refractivity contribution in [3.63, 3.8) is 0 Å². The normalized spacial score (nSPS) is 11.0. The van der Waals surface area contributed by atoms with E-state index in [9.17, 15) is 8.78 Å². The third-order valence-corrected chi connectivity index (χ3v) is 3.17. The SMILES string of the molecule is COCOc1ccc(-c2nn(C)c(OC(F)F)c2Cl)c(Cl)n1. The first kappa shape index (κ1) is 16.7. The van der Waals surface area contributed by atoms with Crippen molar-refractivity contribution in [3.05, 3.63) is 22.3 Å². The van der Waals surface area contributed by atoms with Gasteiger partial charge in [-0.05, 0) is 6.07 Å². The molecule has 120 valence electrons. The number of hydrogen-bond donors (Lipinski definition) is 0. The summed E-state index contributed by atoms with van der Waals surface area (Å²) in [5, 5.41) is 3.99. The summed E-state index contributed by atoms with van der Waals surface area (Å²) in [5.74, 6) is -0.0193. The van der Waals surface area contributed by atoms with E-state index in [-0.39, 0.29) is 34.4 Å². The number of alkyl halides is 2. The Balaban J connectivity index is 2.36. The minimum atomic E-state index is -3.01. The zero-order chi connectivity index (χ0) is 16.3. The molecule has 0 aliphatic heterocycles. The summed E-state index contributed by atoms with van der Waals surface area (Å²) in [7, 11) is 2.89. The second kappa shape index (κ2) is 7.08. The topological polar surface area (TPSA) is 58.4 Å². The second-order valence-electron chi connectivity index (χ2n) is 4.01. The predicted octanol–water partition coefficient (Wildman–Crippen LogP) is 3.37. The molecule has 0 bridgehead atoms. The van der Waals surface area contributed by atoms with Crippen LogP contribution in [0.4, 0.5) is 8.78 Å². The largest absolute Gasteiger partial charge is 0.451 e. The van der Waals surface area contributed by atoms with Crippen LogP contribution in [0.1, 0.15) is 0 Å². The van der Waals surface area contributed by atoms with Gasteiger partial charge in [-0.25, -0.2) is 9.67 Å². The van der Waals surface area contributed by atoms with E-state index in [1.54, 1.807) is 6.07 Å². The van der Waals surface area contributed by atoms with Gasteiger partial charge < -0.3 is 14.2 Å². The van der Waals surface area contributed by atoms with Gasteiger partial charge in [0, 0.05) is 25.8 Å². The quantitative estimate of drug-likeness (QED) is 0.588. The van der Waals surface area contributed by atoms with Crippen LogP contribution < -0.4 is 9.47 Å². The molecule has 0 fully saturated rings. The van der Waals surface area contributed by atoms with E-state index < -0.39 is 6.61 Å². The molecule has 0 atom stereocenters. The van der Waals surface area contributed by atoms with Crippen molar-refractivity contribution in [3.8, 4) is 23.0 Å². The Labute approximate surface area is 134 Å². The maximum absolute atomic E-state index is 12.4. The summed E-state index contributed by atoms with van der Waals surface area (Å²) in [6, 6.07) is 3.08. The third kappa shape index (κ3) is 3.57. The smallest absolute Gasteiger partial charge is 0.388 e. The molecule has 0 amide bonds. The lowest BCUT2D eigenvalue weighted by molar-refractivity contribution is -0.0552. The number of pyridine rings is 1. The maximum Gasteiger partial charge on any atom is 0.388 e. The minimum Gasteiger partial charge on any atom is -0.451 e. The fraction of sp³-hybridized carbons (Fsp3) is 0.333. The van der Waals surface area contributed by atoms with Crippen LogP contribution in [0.5, 0.6) is 11.8 Å². The molecule has 0 spiro atoms. The number of halogens is 4. The minimum absolute atomic E-state index is 0.0133. The lowest BCUT2D eigenvalue weighted by Gasteiger charge is -2.06. The molecule has 0 aromatic carbocycles. The van der Waals surface area contributed by atoms with Gasteiger partial charge in [0.25, 0.3) is 0 Å². The van der Waals surface area contributed by atoms with E-state index in [2.05, 4.69) is 14.8 Å². The first-order chi connectivity index (χ1) is 10.4. The van der Waals surface area contributed by atoms with Gasteiger partial charge in [0.1, 0.15) is 15.9 Å². The highest BCUT2D eigenvalue weighted by molar-refractivity contribution is 6.36. The number of rotatable bonds is 6. The van der Waals surface area contributed by atoms with Gasteiger partial charge in [-0.3, -0.25) is 0 Å². The number of aryl methyl sites for hydroxylation is 1. The third-order valence-electron chi connectivity index (χ3n) is 2.54. The van der Waals surface area contributed by atoms with Crippen LogP contribution in [0.3, 0.4) is 0 Å². The fourth-order valence-electron chi connectivity index (χ4n) is 1.66. The van der Waals surface area contributed by atoms with Crippen molar-refractivity contribution >= 4 is 23.2 Å². The van der Waals surface area contributed by atoms with Gasteiger partial charge in [0.15, 0.2) is 6.79 Å². The Morgan fingerprint density at radius 2 is 2.05 bits per heavy atom. The second-order valence-corrected chi connectivity index (χ2v) is 4.74. The van der Waals surface area contributed by atoms with Crippen LogP contribution in [-0.4, -0.2) is 35.3 Å². The molecule has 10 heteroatoms. The first-order valence-corrected chi connectivity index (χ1v) is 6.65. The molecule has 22 heavy (non-hydrogen) atoms. The van der Waals surface area contributed by atoms with Crippen molar-refractivity contribution in [1.29, 1.82) is 0 Å². The number of ether oxygens (including phenoxy) is 3. The molecule has 0 radical (unpaired) electrons. The van der Waals surface area contributed by atoms with E-state index in [0.29, 0.717) is 5.56 Å². The zero-order valence-corrected chi connectivity index (χ0v) is 13.0. The Morgan fingerprint density at radius 1 is 1.32 bits per heavy atom. The predicted molar refractivity (Wildman–Crippen MR) is 75.6 cm³/mol. The number of aromatic nitrogens is 3. The van der Waals surface area contributed by atoms with Crippen LogP contribution in [0.25, 0.3) is 11.3 Å². The van der Waals surface area contributed by atoms with Gasteiger partial charge in [-0.15, -0.1) is 0 Å². The van der Waals surface area contributed by atoms with E-state index in [4.69, 9.17) is 32.7 Å². The molecule has 6 nitrogen and oxygen atoms in total. The Kier molecular flexibility index (Phi) is 5.38. The molecule has 0 N–H and O–H groups in total. The van der Waals surface area contributed by atoms with E-state index in [0.717, 1.165) is 4.68 Å². The highest BCUT2D eigenvalue weighted by Gasteiger charge is 2.22. The lowest BCUT2D eigenvalue weighted by Crippen LogP contribution is -2.06. The Hall–Kier alpha value is -1.64. The summed E-state index contributed by atoms with van der Waals surface area (Å²) < 4.78 is 40.0. The molecule has 2 aromatic rings. The lowest BCUT2D eigenvalue weighted by atomic mass is 10.2. The molecule has 0 aliphatic carbocycles. The number of methoxy groups -OCH3 is 1. The first-order valence-electron chi connectivity index (χ1n) is 5.90. The van der Waals surface area contributed by atoms with Crippen molar-refractivity contribution < 1.29 is 23.0 Å². The van der Waals surface area contributed by atoms with Crippen molar-refractivity contribution in [1.82, 2.24) is 14.8 Å². The molecular formula is C12H11Cl2F2N3O3. The van der Waals surface area contributed by atoms with Crippen LogP contribution >= 0.6 is 23.2 Å². The Bertz CT molecular complexity index is 667. The molecule has 0 unspecified atom stereocenters. The highest BCUT2D eigenvalue weighted by Crippen LogP contribution is 2.38. The Morgan fingerprint density at radius 3 is 2.64 bits per heavy atom. The van der Waals surface area contributed by atoms with Crippen molar-refractivity contribution in [2.75, 3.05) is 13.9 Å². The van der Waals surface area contributed by atoms with Gasteiger partial charge in [0.05, 0.1) is 0 Å². The van der Waals surface area contributed by atoms with Crippen LogP contribution in [-0.2, 0) is 11.8 Å². The molecular weight excluding hydrogens is 343 g/mol. The average molecular weight is 354 g/mol. The summed E-state index contributed by atoms with van der Waals surface area (Å²) in [6.07, 6.45) is 0. The summed E-state index contributed by atoms with van der Waals surface area (Å²) >= 11 is 12.1. The van der Waals surface area contributed by atoms with Crippen LogP contribution in [0.2, 0.25) is 10.2 Å². The van der Waals surface area contributed by atoms with Crippen LogP contribution in [0.15, 0.2) is 12.1 Å². The van der Waals surface area contributed by atoms with Crippen LogP contribution in [0, 0.1) is 0 Å². The van der Waals surface area contributed by atoms with E-state index >= 15 is 0 Å². The molecule has 0 aliphatic rings. The molecule has 0 saturated heterocycles. The zero-order valence-electron chi connectivity index (χ0n) is 11.5. The van der Waals surface area contributed by atoms with Gasteiger partial charge in [-0.1, -0.05) is 23.2 Å².